The quantitative estimate of drug-likeness (QED) is 0.212. The van der Waals surface area contributed by atoms with Gasteiger partial charge in [0.2, 0.25) is 0 Å². The normalized spacial score (nSPS) is 10.4. The number of nitrogens with one attached hydrogen (secondary N) is 1. The molecule has 0 saturated carbocycles. The van der Waals surface area contributed by atoms with Gasteiger partial charge in [-0.3, -0.25) is 0 Å². The number of hydrazine groups is 1. The Morgan fingerprint density at radius 3 is 2.29 bits per heavy atom. The molecule has 1 aromatic carbocycles. The molecule has 1 rings (SSSR count). The number of hydrogen-bond acceptors (Lipinski definition) is 2. The van der Waals surface area contributed by atoms with E-state index in [2.05, 4.69) is 26.4 Å². The number of rotatable bonds is 1. The number of aliphatic imine (C=N–C) groups is 1. The summed E-state index contributed by atoms with van der Waals surface area (Å²) in [7, 11) is 9.75. The molecule has 1 radical (unpaired) electrons. The zero-order chi connectivity index (χ0) is 10.8. The van der Waals surface area contributed by atoms with Crippen LogP contribution in [0.1, 0.15) is 0 Å². The zero-order valence-electron chi connectivity index (χ0n) is 6.89. The van der Waals surface area contributed by atoms with Gasteiger partial charge < -0.3 is 0 Å². The number of para-hydroxylation sites is 1. The summed E-state index contributed by atoms with van der Waals surface area (Å²) in [4.78, 5) is 4.10. The van der Waals surface area contributed by atoms with Gasteiger partial charge in [0, 0.05) is 0 Å². The molecule has 0 atom stereocenters. The summed E-state index contributed by atoms with van der Waals surface area (Å²) in [5.41, 5.74) is 3.28. The first-order valence-electron chi connectivity index (χ1n) is 3.34. The van der Waals surface area contributed by atoms with Crippen molar-refractivity contribution in [3.63, 3.8) is 0 Å². The van der Waals surface area contributed by atoms with Crippen LogP contribution < -0.4 is 11.3 Å². The Morgan fingerprint density at radius 2 is 1.86 bits per heavy atom. The second-order valence-electron chi connectivity index (χ2n) is 1.94. The number of nitrogens with zero attached hydrogens (tertiary/aromatic N) is 1. The van der Waals surface area contributed by atoms with Crippen molar-refractivity contribution < 1.29 is 16.5 Å². The molecule has 0 bridgehead atoms. The third-order valence-electron chi connectivity index (χ3n) is 1.11. The Balaban J connectivity index is 0.000000500. The van der Waals surface area contributed by atoms with Gasteiger partial charge in [0.1, 0.15) is 0 Å². The number of halogens is 2. The molecular weight excluding hydrogens is 471 g/mol. The summed E-state index contributed by atoms with van der Waals surface area (Å²) in [6.07, 6.45) is 0. The predicted molar refractivity (Wildman–Crippen MR) is 58.3 cm³/mol. The minimum atomic E-state index is -0.472. The first-order chi connectivity index (χ1) is 6.74. The number of amidine groups is 1. The Morgan fingerprint density at radius 1 is 1.36 bits per heavy atom. The molecule has 81 valence electrons. The van der Waals surface area contributed by atoms with Crippen molar-refractivity contribution in [2.45, 2.75) is 0 Å². The van der Waals surface area contributed by atoms with E-state index in [-0.39, 0.29) is 0 Å². The van der Waals surface area contributed by atoms with E-state index in [0.717, 1.165) is 5.69 Å². The Kier molecular flexibility index (Phi) is 10.3. The first-order valence-corrected chi connectivity index (χ1v) is 9.83. The summed E-state index contributed by atoms with van der Waals surface area (Å²) in [6.45, 7) is 0. The van der Waals surface area contributed by atoms with Crippen LogP contribution in [0.15, 0.2) is 35.3 Å². The third kappa shape index (κ3) is 7.81. The van der Waals surface area contributed by atoms with E-state index in [1.807, 2.05) is 30.3 Å². The van der Waals surface area contributed by atoms with Gasteiger partial charge in [-0.2, -0.15) is 0 Å². The molecule has 0 fully saturated rings. The van der Waals surface area contributed by atoms with Crippen LogP contribution in [-0.2, 0) is 16.5 Å². The second kappa shape index (κ2) is 9.97. The van der Waals surface area contributed by atoms with Crippen molar-refractivity contribution in [1.29, 1.82) is 0 Å². The van der Waals surface area contributed by atoms with Crippen molar-refractivity contribution in [1.82, 2.24) is 5.43 Å². The average Bonchev–Trinajstić information content (AvgIpc) is 2.20. The van der Waals surface area contributed by atoms with Gasteiger partial charge in [-0.15, -0.1) is 0 Å². The van der Waals surface area contributed by atoms with Crippen LogP contribution in [-0.4, -0.2) is 20.7 Å². The van der Waals surface area contributed by atoms with Crippen LogP contribution in [0.25, 0.3) is 0 Å². The van der Waals surface area contributed by atoms with Crippen LogP contribution in [0, 0.1) is 0 Å². The molecule has 14 heavy (non-hydrogen) atoms. The molecule has 0 amide bonds. The first kappa shape index (κ1) is 14.4. The standard InChI is InChI=1S/C7H8N3Se.2ClH.Pt/c8-10-7(11)9-6-4-2-1-3-5-6;;;/h1-5H,8H2,(H,9,10);2*1H;/q;;;+2/p-2. The van der Waals surface area contributed by atoms with Crippen LogP contribution in [0.3, 0.4) is 0 Å². The van der Waals surface area contributed by atoms with Crippen molar-refractivity contribution in [2.75, 3.05) is 0 Å². The molecule has 0 saturated heterocycles. The molecule has 3 N–H and O–H groups in total. The summed E-state index contributed by atoms with van der Waals surface area (Å²) in [5.74, 6) is 5.11. The molecule has 0 heterocycles. The molecule has 0 aromatic heterocycles. The molecule has 3 nitrogen and oxygen atoms in total. The van der Waals surface area contributed by atoms with Crippen molar-refractivity contribution >= 4 is 45.3 Å². The predicted octanol–water partition coefficient (Wildman–Crippen LogP) is 1.68. The molecule has 0 aliphatic rings. The summed E-state index contributed by atoms with van der Waals surface area (Å²) < 4.78 is 0.580. The topological polar surface area (TPSA) is 50.4 Å². The summed E-state index contributed by atoms with van der Waals surface area (Å²) >= 11 is 2.22. The molecule has 0 aliphatic heterocycles. The Bertz CT molecular complexity index is 271. The van der Waals surface area contributed by atoms with E-state index < -0.39 is 16.5 Å². The maximum atomic E-state index is 5.11. The molecule has 0 unspecified atom stereocenters. The van der Waals surface area contributed by atoms with Gasteiger partial charge in [-0.25, -0.2) is 0 Å². The van der Waals surface area contributed by atoms with E-state index in [0.29, 0.717) is 4.73 Å². The van der Waals surface area contributed by atoms with Gasteiger partial charge in [-0.05, 0) is 0 Å². The van der Waals surface area contributed by atoms with Crippen LogP contribution in [0.4, 0.5) is 5.69 Å². The van der Waals surface area contributed by atoms with Gasteiger partial charge in [-0.1, -0.05) is 0 Å². The summed E-state index contributed by atoms with van der Waals surface area (Å²) in [6, 6.07) is 9.57. The van der Waals surface area contributed by atoms with Crippen molar-refractivity contribution in [3.05, 3.63) is 30.3 Å². The Labute approximate surface area is 108 Å². The van der Waals surface area contributed by atoms with Crippen molar-refractivity contribution in [3.8, 4) is 0 Å². The van der Waals surface area contributed by atoms with E-state index in [1.54, 1.807) is 0 Å². The minimum absolute atomic E-state index is 0.472. The van der Waals surface area contributed by atoms with E-state index in [9.17, 15) is 0 Å². The number of nitrogens with two attached hydrogens (primary N) is 1. The van der Waals surface area contributed by atoms with E-state index in [4.69, 9.17) is 24.7 Å². The van der Waals surface area contributed by atoms with Gasteiger partial charge in [0.05, 0.1) is 0 Å². The maximum absolute atomic E-state index is 5.11. The fourth-order valence-electron chi connectivity index (χ4n) is 0.652. The fraction of sp³-hybridized carbons (Fsp3) is 0. The van der Waals surface area contributed by atoms with Crippen LogP contribution >= 0.6 is 18.8 Å². The van der Waals surface area contributed by atoms with Crippen LogP contribution in [0.5, 0.6) is 0 Å². The monoisotopic (exact) mass is 479 g/mol. The third-order valence-corrected chi connectivity index (χ3v) is 1.55. The van der Waals surface area contributed by atoms with Gasteiger partial charge in [0.15, 0.2) is 0 Å². The van der Waals surface area contributed by atoms with Crippen molar-refractivity contribution in [2.24, 2.45) is 10.8 Å². The number of hydrogen-bond donors (Lipinski definition) is 2. The summed E-state index contributed by atoms with van der Waals surface area (Å²) in [5, 5.41) is 0. The van der Waals surface area contributed by atoms with Crippen LogP contribution in [0.2, 0.25) is 0 Å². The van der Waals surface area contributed by atoms with Gasteiger partial charge in [0.25, 0.3) is 0 Å². The zero-order valence-corrected chi connectivity index (χ0v) is 12.4. The average molecular weight is 479 g/mol. The van der Waals surface area contributed by atoms with Gasteiger partial charge >= 0.3 is 108 Å². The molecule has 0 aliphatic carbocycles. The molecular formula is C7H8Cl2N3PtSe. The molecule has 0 spiro atoms. The fourth-order valence-corrected chi connectivity index (χ4v) is 0.873. The Hall–Kier alpha value is 0.438. The van der Waals surface area contributed by atoms with E-state index in [1.165, 1.54) is 0 Å². The SMILES string of the molecule is NNC([Se])=Nc1ccccc1.[Cl][Pt][Cl]. The molecule has 7 heteroatoms. The second-order valence-corrected chi connectivity index (χ2v) is 6.04. The molecule has 1 aromatic rings. The number of benzene rings is 1. The van der Waals surface area contributed by atoms with E-state index >= 15 is 0 Å².